The quantitative estimate of drug-likeness (QED) is 0.930. The molecule has 0 spiro atoms. The number of benzene rings is 1. The molecule has 1 aromatic heterocycles. The van der Waals surface area contributed by atoms with Crippen LogP contribution in [0.1, 0.15) is 10.4 Å². The van der Waals surface area contributed by atoms with Crippen LogP contribution in [-0.2, 0) is 12.8 Å². The number of halogens is 1. The predicted molar refractivity (Wildman–Crippen MR) is 73.2 cm³/mol. The highest BCUT2D eigenvalue weighted by Gasteiger charge is 2.00. The number of hydrogen-bond acceptors (Lipinski definition) is 3. The highest BCUT2D eigenvalue weighted by molar-refractivity contribution is 9.10. The van der Waals surface area contributed by atoms with E-state index in [1.807, 2.05) is 13.2 Å². The van der Waals surface area contributed by atoms with Gasteiger partial charge in [0.1, 0.15) is 0 Å². The first-order valence-electron chi connectivity index (χ1n) is 5.15. The Balaban J connectivity index is 1.94. The molecule has 4 heteroatoms. The van der Waals surface area contributed by atoms with Crippen LogP contribution in [0.2, 0.25) is 0 Å². The van der Waals surface area contributed by atoms with E-state index < -0.39 is 0 Å². The van der Waals surface area contributed by atoms with E-state index in [1.54, 1.807) is 11.3 Å². The van der Waals surface area contributed by atoms with Gasteiger partial charge < -0.3 is 5.32 Å². The molecule has 0 aliphatic heterocycles. The van der Waals surface area contributed by atoms with Crippen LogP contribution in [0.3, 0.4) is 0 Å². The van der Waals surface area contributed by atoms with Gasteiger partial charge in [-0.2, -0.15) is 0 Å². The van der Waals surface area contributed by atoms with Gasteiger partial charge in [0.2, 0.25) is 0 Å². The van der Waals surface area contributed by atoms with Gasteiger partial charge in [0, 0.05) is 22.6 Å². The first-order chi connectivity index (χ1) is 7.78. The SMILES string of the molecule is CNc1ncc(CCc2ccc(Br)cc2)s1. The molecule has 0 bridgehead atoms. The first-order valence-corrected chi connectivity index (χ1v) is 6.76. The van der Waals surface area contributed by atoms with Crippen LogP contribution < -0.4 is 5.32 Å². The number of aromatic nitrogens is 1. The van der Waals surface area contributed by atoms with Gasteiger partial charge >= 0.3 is 0 Å². The maximum absolute atomic E-state index is 4.26. The molecule has 0 atom stereocenters. The third-order valence-electron chi connectivity index (χ3n) is 2.34. The first kappa shape index (κ1) is 11.6. The Morgan fingerprint density at radius 3 is 2.62 bits per heavy atom. The molecular weight excluding hydrogens is 284 g/mol. The van der Waals surface area contributed by atoms with Gasteiger partial charge in [0.15, 0.2) is 5.13 Å². The van der Waals surface area contributed by atoms with Crippen LogP contribution in [0, 0.1) is 0 Å². The maximum atomic E-state index is 4.26. The number of nitrogens with one attached hydrogen (secondary N) is 1. The number of rotatable bonds is 4. The smallest absolute Gasteiger partial charge is 0.182 e. The molecule has 0 amide bonds. The largest absolute Gasteiger partial charge is 0.365 e. The molecule has 84 valence electrons. The zero-order valence-corrected chi connectivity index (χ0v) is 11.4. The zero-order valence-electron chi connectivity index (χ0n) is 9.03. The highest BCUT2D eigenvalue weighted by Crippen LogP contribution is 2.19. The number of hydrogen-bond donors (Lipinski definition) is 1. The molecule has 0 aliphatic rings. The second kappa shape index (κ2) is 5.46. The van der Waals surface area contributed by atoms with Gasteiger partial charge in [-0.3, -0.25) is 0 Å². The summed E-state index contributed by atoms with van der Waals surface area (Å²) in [5, 5.41) is 4.05. The van der Waals surface area contributed by atoms with E-state index >= 15 is 0 Å². The summed E-state index contributed by atoms with van der Waals surface area (Å²) in [4.78, 5) is 5.59. The Morgan fingerprint density at radius 2 is 2.00 bits per heavy atom. The van der Waals surface area contributed by atoms with Crippen LogP contribution in [-0.4, -0.2) is 12.0 Å². The van der Waals surface area contributed by atoms with Crippen molar-refractivity contribution >= 4 is 32.4 Å². The minimum atomic E-state index is 0.991. The van der Waals surface area contributed by atoms with Crippen LogP contribution in [0.25, 0.3) is 0 Å². The molecule has 1 heterocycles. The summed E-state index contributed by atoms with van der Waals surface area (Å²) in [6.07, 6.45) is 4.08. The number of aryl methyl sites for hydroxylation is 2. The molecule has 1 aromatic carbocycles. The van der Waals surface area contributed by atoms with Gasteiger partial charge in [-0.05, 0) is 30.5 Å². The minimum Gasteiger partial charge on any atom is -0.365 e. The van der Waals surface area contributed by atoms with Crippen molar-refractivity contribution in [2.75, 3.05) is 12.4 Å². The van der Waals surface area contributed by atoms with Gasteiger partial charge in [-0.25, -0.2) is 4.98 Å². The summed E-state index contributed by atoms with van der Waals surface area (Å²) in [6, 6.07) is 8.48. The van der Waals surface area contributed by atoms with Crippen LogP contribution in [0.5, 0.6) is 0 Å². The second-order valence-corrected chi connectivity index (χ2v) is 5.54. The van der Waals surface area contributed by atoms with Crippen molar-refractivity contribution in [3.63, 3.8) is 0 Å². The fraction of sp³-hybridized carbons (Fsp3) is 0.250. The fourth-order valence-electron chi connectivity index (χ4n) is 1.46. The number of nitrogens with zero attached hydrogens (tertiary/aromatic N) is 1. The van der Waals surface area contributed by atoms with E-state index in [2.05, 4.69) is 50.5 Å². The number of thiazole rings is 1. The molecule has 1 N–H and O–H groups in total. The van der Waals surface area contributed by atoms with E-state index in [0.29, 0.717) is 0 Å². The molecule has 0 radical (unpaired) electrons. The molecule has 0 fully saturated rings. The average Bonchev–Trinajstić information content (AvgIpc) is 2.76. The minimum absolute atomic E-state index is 0.991. The van der Waals surface area contributed by atoms with Crippen LogP contribution in [0.15, 0.2) is 34.9 Å². The van der Waals surface area contributed by atoms with Gasteiger partial charge in [-0.15, -0.1) is 11.3 Å². The maximum Gasteiger partial charge on any atom is 0.182 e. The molecular formula is C12H13BrN2S. The lowest BCUT2D eigenvalue weighted by molar-refractivity contribution is 0.976. The van der Waals surface area contributed by atoms with Crippen LogP contribution >= 0.6 is 27.3 Å². The van der Waals surface area contributed by atoms with Crippen molar-refractivity contribution in [3.8, 4) is 0 Å². The second-order valence-electron chi connectivity index (χ2n) is 3.51. The monoisotopic (exact) mass is 296 g/mol. The molecule has 0 aliphatic carbocycles. The Hall–Kier alpha value is -0.870. The molecule has 2 aromatic rings. The predicted octanol–water partition coefficient (Wildman–Crippen LogP) is 3.73. The average molecular weight is 297 g/mol. The van der Waals surface area contributed by atoms with Crippen molar-refractivity contribution in [2.24, 2.45) is 0 Å². The third-order valence-corrected chi connectivity index (χ3v) is 3.94. The van der Waals surface area contributed by atoms with Crippen molar-refractivity contribution in [2.45, 2.75) is 12.8 Å². The topological polar surface area (TPSA) is 24.9 Å². The van der Waals surface area contributed by atoms with Gasteiger partial charge in [-0.1, -0.05) is 28.1 Å². The molecule has 2 nitrogen and oxygen atoms in total. The summed E-state index contributed by atoms with van der Waals surface area (Å²) in [5.41, 5.74) is 1.36. The Bertz CT molecular complexity index is 450. The van der Waals surface area contributed by atoms with E-state index in [4.69, 9.17) is 0 Å². The highest BCUT2D eigenvalue weighted by atomic mass is 79.9. The van der Waals surface area contributed by atoms with Crippen molar-refractivity contribution < 1.29 is 0 Å². The Labute approximate surface area is 108 Å². The Morgan fingerprint density at radius 1 is 1.25 bits per heavy atom. The van der Waals surface area contributed by atoms with Crippen LogP contribution in [0.4, 0.5) is 5.13 Å². The summed E-state index contributed by atoms with van der Waals surface area (Å²) in [7, 11) is 1.90. The lowest BCUT2D eigenvalue weighted by atomic mass is 10.1. The summed E-state index contributed by atoms with van der Waals surface area (Å²) in [6.45, 7) is 0. The van der Waals surface area contributed by atoms with Gasteiger partial charge in [0.25, 0.3) is 0 Å². The van der Waals surface area contributed by atoms with Crippen molar-refractivity contribution in [3.05, 3.63) is 45.4 Å². The normalized spacial score (nSPS) is 10.4. The summed E-state index contributed by atoms with van der Waals surface area (Å²) >= 11 is 5.16. The molecule has 0 unspecified atom stereocenters. The van der Waals surface area contributed by atoms with E-state index in [-0.39, 0.29) is 0 Å². The third kappa shape index (κ3) is 3.06. The zero-order chi connectivity index (χ0) is 11.4. The molecule has 0 saturated heterocycles. The molecule has 0 saturated carbocycles. The molecule has 16 heavy (non-hydrogen) atoms. The standard InChI is InChI=1S/C12H13BrN2S/c1-14-12-15-8-11(16-12)7-4-9-2-5-10(13)6-3-9/h2-3,5-6,8H,4,7H2,1H3,(H,14,15). The summed E-state index contributed by atoms with van der Waals surface area (Å²) in [5.74, 6) is 0. The lowest BCUT2D eigenvalue weighted by Gasteiger charge is -1.99. The van der Waals surface area contributed by atoms with Crippen molar-refractivity contribution in [1.29, 1.82) is 0 Å². The van der Waals surface area contributed by atoms with E-state index in [1.165, 1.54) is 10.4 Å². The number of anilines is 1. The Kier molecular flexibility index (Phi) is 3.96. The van der Waals surface area contributed by atoms with Crippen molar-refractivity contribution in [1.82, 2.24) is 4.98 Å². The summed E-state index contributed by atoms with van der Waals surface area (Å²) < 4.78 is 1.13. The fourth-order valence-corrected chi connectivity index (χ4v) is 2.49. The lowest BCUT2D eigenvalue weighted by Crippen LogP contribution is -1.88. The molecule has 2 rings (SSSR count). The van der Waals surface area contributed by atoms with E-state index in [0.717, 1.165) is 22.4 Å². The van der Waals surface area contributed by atoms with Gasteiger partial charge in [0.05, 0.1) is 0 Å². The van der Waals surface area contributed by atoms with E-state index in [9.17, 15) is 0 Å².